The van der Waals surface area contributed by atoms with Gasteiger partial charge in [0.1, 0.15) is 10.2 Å². The summed E-state index contributed by atoms with van der Waals surface area (Å²) in [6.45, 7) is 5.79. The lowest BCUT2D eigenvalue weighted by Gasteiger charge is -2.26. The molecule has 0 aliphatic carbocycles. The maximum absolute atomic E-state index is 14.3. The first kappa shape index (κ1) is 29.5. The van der Waals surface area contributed by atoms with Crippen LogP contribution in [0.3, 0.4) is 0 Å². The largest absolute Gasteiger partial charge is 0.444 e. The Hall–Kier alpha value is -4.23. The third-order valence-electron chi connectivity index (χ3n) is 8.66. The molecule has 3 aromatic heterocycles. The van der Waals surface area contributed by atoms with Crippen molar-refractivity contribution in [2.45, 2.75) is 43.1 Å². The van der Waals surface area contributed by atoms with Gasteiger partial charge in [0, 0.05) is 49.1 Å². The molecule has 2 aromatic carbocycles. The molecule has 0 radical (unpaired) electrons. The quantitative estimate of drug-likeness (QED) is 0.247. The topological polar surface area (TPSA) is 120 Å². The van der Waals surface area contributed by atoms with E-state index >= 15 is 0 Å². The van der Waals surface area contributed by atoms with E-state index in [0.717, 1.165) is 16.5 Å². The summed E-state index contributed by atoms with van der Waals surface area (Å²) in [5, 5.41) is 5.78. The summed E-state index contributed by atoms with van der Waals surface area (Å²) in [7, 11) is -0.594. The molecule has 7 rings (SSSR count). The van der Waals surface area contributed by atoms with Gasteiger partial charge in [-0.05, 0) is 73.0 Å². The van der Waals surface area contributed by atoms with Crippen LogP contribution < -0.4 is 4.90 Å². The van der Waals surface area contributed by atoms with Gasteiger partial charge in [-0.1, -0.05) is 24.3 Å². The summed E-state index contributed by atoms with van der Waals surface area (Å²) < 4.78 is 37.5. The number of pyridine rings is 1. The third-order valence-corrected chi connectivity index (χ3v) is 11.3. The molecule has 2 aliphatic rings. The number of rotatable bonds is 3. The van der Waals surface area contributed by atoms with Gasteiger partial charge in [-0.2, -0.15) is 5.10 Å². The van der Waals surface area contributed by atoms with Crippen molar-refractivity contribution in [1.82, 2.24) is 23.6 Å². The first-order valence-corrected chi connectivity index (χ1v) is 16.7. The second-order valence-corrected chi connectivity index (χ2v) is 15.1. The molecule has 0 bridgehead atoms. The molecule has 1 spiro atoms. The van der Waals surface area contributed by atoms with Crippen molar-refractivity contribution in [2.24, 2.45) is 7.05 Å². The molecule has 5 heterocycles. The van der Waals surface area contributed by atoms with Crippen molar-refractivity contribution < 1.29 is 22.7 Å². The standard InChI is InChI=1S/C32H31BrN6O5S/c1-31(2,3)44-30(41)38-14-13-32(18-38)26-23(36(4)29(32)40)17-34-28-25(26)24(19-11-12-22-20(15-19)16-35-37(22)5)27(33)39(28)45(42,43)21-9-7-6-8-10-21/h6-12,15-17H,13-14,18H2,1-5H3. The first-order valence-electron chi connectivity index (χ1n) is 14.5. The van der Waals surface area contributed by atoms with Crippen LogP contribution in [0, 0.1) is 0 Å². The number of carbonyl (C=O) groups excluding carboxylic acids is 2. The lowest BCUT2D eigenvalue weighted by Crippen LogP contribution is -2.43. The minimum absolute atomic E-state index is 0.0898. The molecule has 1 unspecified atom stereocenters. The van der Waals surface area contributed by atoms with Gasteiger partial charge < -0.3 is 14.5 Å². The molecule has 232 valence electrons. The number of hydrogen-bond donors (Lipinski definition) is 0. The normalized spacial score (nSPS) is 18.5. The molecule has 1 fully saturated rings. The molecule has 45 heavy (non-hydrogen) atoms. The van der Waals surface area contributed by atoms with Crippen molar-refractivity contribution in [3.8, 4) is 11.1 Å². The van der Waals surface area contributed by atoms with Crippen LogP contribution in [0.15, 0.2) is 70.4 Å². The Morgan fingerprint density at radius 3 is 2.51 bits per heavy atom. The van der Waals surface area contributed by atoms with E-state index in [-0.39, 0.29) is 27.6 Å². The molecule has 11 nitrogen and oxygen atoms in total. The van der Waals surface area contributed by atoms with Crippen LogP contribution in [0.2, 0.25) is 0 Å². The van der Waals surface area contributed by atoms with Gasteiger partial charge in [-0.3, -0.25) is 9.48 Å². The average molecular weight is 692 g/mol. The smallest absolute Gasteiger partial charge is 0.410 e. The Kier molecular flexibility index (Phi) is 6.47. The average Bonchev–Trinajstić information content (AvgIpc) is 3.73. The van der Waals surface area contributed by atoms with Crippen molar-refractivity contribution in [1.29, 1.82) is 0 Å². The van der Waals surface area contributed by atoms with Crippen molar-refractivity contribution in [3.05, 3.63) is 71.1 Å². The number of carbonyl (C=O) groups is 2. The van der Waals surface area contributed by atoms with Crippen LogP contribution in [-0.4, -0.2) is 69.8 Å². The molecule has 0 saturated carbocycles. The molecule has 0 N–H and O–H groups in total. The number of amides is 2. The van der Waals surface area contributed by atoms with Gasteiger partial charge in [0.25, 0.3) is 10.0 Å². The van der Waals surface area contributed by atoms with E-state index in [4.69, 9.17) is 9.72 Å². The molecule has 1 atom stereocenters. The highest BCUT2D eigenvalue weighted by atomic mass is 79.9. The van der Waals surface area contributed by atoms with Gasteiger partial charge in [0.05, 0.1) is 33.9 Å². The van der Waals surface area contributed by atoms with Gasteiger partial charge >= 0.3 is 6.09 Å². The van der Waals surface area contributed by atoms with E-state index in [0.29, 0.717) is 35.2 Å². The van der Waals surface area contributed by atoms with E-state index < -0.39 is 27.1 Å². The molecule has 2 amide bonds. The number of anilines is 1. The zero-order valence-corrected chi connectivity index (χ0v) is 27.8. The van der Waals surface area contributed by atoms with Crippen molar-refractivity contribution in [2.75, 3.05) is 25.0 Å². The first-order chi connectivity index (χ1) is 21.2. The van der Waals surface area contributed by atoms with Crippen LogP contribution in [0.4, 0.5) is 10.5 Å². The van der Waals surface area contributed by atoms with Crippen LogP contribution in [0.25, 0.3) is 33.1 Å². The number of hydrogen-bond acceptors (Lipinski definition) is 7. The van der Waals surface area contributed by atoms with Gasteiger partial charge in [0.15, 0.2) is 5.65 Å². The number of benzene rings is 2. The second-order valence-electron chi connectivity index (χ2n) is 12.6. The zero-order chi connectivity index (χ0) is 32.1. The Bertz CT molecular complexity index is 2170. The highest BCUT2D eigenvalue weighted by Gasteiger charge is 2.56. The lowest BCUT2D eigenvalue weighted by atomic mass is 9.79. The molecule has 13 heteroatoms. The molecule has 5 aromatic rings. The number of ether oxygens (including phenoxy) is 1. The number of aryl methyl sites for hydroxylation is 1. The Balaban J connectivity index is 1.53. The minimum atomic E-state index is -4.14. The monoisotopic (exact) mass is 690 g/mol. The van der Waals surface area contributed by atoms with Gasteiger partial charge in [-0.25, -0.2) is 22.2 Å². The van der Waals surface area contributed by atoms with Crippen molar-refractivity contribution >= 4 is 65.6 Å². The Morgan fingerprint density at radius 2 is 1.80 bits per heavy atom. The second kappa shape index (κ2) is 9.88. The summed E-state index contributed by atoms with van der Waals surface area (Å²) in [6.07, 6.45) is 3.15. The number of fused-ring (bicyclic) bond motifs is 5. The van der Waals surface area contributed by atoms with E-state index in [1.54, 1.807) is 72.9 Å². The van der Waals surface area contributed by atoms with Crippen LogP contribution in [0.1, 0.15) is 32.8 Å². The molecule has 1 saturated heterocycles. The van der Waals surface area contributed by atoms with Gasteiger partial charge in [0.2, 0.25) is 5.91 Å². The number of nitrogens with zero attached hydrogens (tertiary/aromatic N) is 6. The number of likely N-dealkylation sites (tertiary alicyclic amines) is 1. The number of halogens is 1. The molecular formula is C32H31BrN6O5S. The highest BCUT2D eigenvalue weighted by Crippen LogP contribution is 2.53. The van der Waals surface area contributed by atoms with Gasteiger partial charge in [-0.15, -0.1) is 0 Å². The summed E-state index contributed by atoms with van der Waals surface area (Å²) >= 11 is 3.68. The maximum Gasteiger partial charge on any atom is 0.410 e. The van der Waals surface area contributed by atoms with Crippen LogP contribution in [0.5, 0.6) is 0 Å². The fourth-order valence-corrected chi connectivity index (χ4v) is 9.17. The third kappa shape index (κ3) is 4.31. The number of aromatic nitrogens is 4. The lowest BCUT2D eigenvalue weighted by molar-refractivity contribution is -0.122. The fourth-order valence-electron chi connectivity index (χ4n) is 6.63. The molecular weight excluding hydrogens is 660 g/mol. The fraction of sp³-hybridized carbons (Fsp3) is 0.312. The Labute approximate surface area is 268 Å². The number of likely N-dealkylation sites (N-methyl/N-ethyl adjacent to an activating group) is 1. The summed E-state index contributed by atoms with van der Waals surface area (Å²) in [6, 6.07) is 14.0. The van der Waals surface area contributed by atoms with E-state index in [9.17, 15) is 18.0 Å². The van der Waals surface area contributed by atoms with Crippen LogP contribution >= 0.6 is 15.9 Å². The Morgan fingerprint density at radius 1 is 1.07 bits per heavy atom. The van der Waals surface area contributed by atoms with E-state index in [1.807, 2.05) is 25.2 Å². The predicted molar refractivity (Wildman–Crippen MR) is 174 cm³/mol. The molecule has 2 aliphatic heterocycles. The predicted octanol–water partition coefficient (Wildman–Crippen LogP) is 5.44. The minimum Gasteiger partial charge on any atom is -0.444 e. The maximum atomic E-state index is 14.3. The highest BCUT2D eigenvalue weighted by molar-refractivity contribution is 9.10. The summed E-state index contributed by atoms with van der Waals surface area (Å²) in [4.78, 5) is 35.3. The summed E-state index contributed by atoms with van der Waals surface area (Å²) in [5.74, 6) is -0.179. The van der Waals surface area contributed by atoms with Crippen LogP contribution in [-0.2, 0) is 32.0 Å². The van der Waals surface area contributed by atoms with E-state index in [1.165, 1.54) is 16.1 Å². The van der Waals surface area contributed by atoms with Crippen molar-refractivity contribution in [3.63, 3.8) is 0 Å². The van der Waals surface area contributed by atoms with E-state index in [2.05, 4.69) is 21.0 Å². The SMILES string of the molecule is CN1C(=O)C2(CCN(C(=O)OC(C)(C)C)C2)c2c1cnc1c2c(-c2ccc3c(cnn3C)c2)c(Br)n1S(=O)(=O)c1ccccc1. The summed E-state index contributed by atoms with van der Waals surface area (Å²) in [5.41, 5.74) is 1.79. The zero-order valence-electron chi connectivity index (χ0n) is 25.4.